The molecule has 0 aliphatic carbocycles. The number of halogens is 1. The third-order valence-electron chi connectivity index (χ3n) is 4.31. The average Bonchev–Trinajstić information content (AvgIpc) is 2.62. The fraction of sp³-hybridized carbons (Fsp3) is 0.350. The highest BCUT2D eigenvalue weighted by Crippen LogP contribution is 2.20. The Bertz CT molecular complexity index is 762. The van der Waals surface area contributed by atoms with E-state index in [9.17, 15) is 9.18 Å². The van der Waals surface area contributed by atoms with Crippen molar-refractivity contribution in [2.24, 2.45) is 0 Å². The van der Waals surface area contributed by atoms with Crippen LogP contribution in [-0.2, 0) is 4.74 Å². The van der Waals surface area contributed by atoms with Crippen LogP contribution in [0.5, 0.6) is 5.75 Å². The molecule has 1 aliphatic rings. The van der Waals surface area contributed by atoms with Gasteiger partial charge in [0.2, 0.25) is 0 Å². The summed E-state index contributed by atoms with van der Waals surface area (Å²) in [6, 6.07) is 12.3. The van der Waals surface area contributed by atoms with Crippen LogP contribution >= 0.6 is 0 Å². The molecule has 1 unspecified atom stereocenters. The van der Waals surface area contributed by atoms with Gasteiger partial charge >= 0.3 is 0 Å². The molecule has 2 aromatic rings. The van der Waals surface area contributed by atoms with E-state index >= 15 is 0 Å². The lowest BCUT2D eigenvalue weighted by atomic mass is 10.1. The molecule has 5 heteroatoms. The Hall–Kier alpha value is -2.40. The number of nitrogens with zero attached hydrogens (tertiary/aromatic N) is 1. The largest absolute Gasteiger partial charge is 0.488 e. The van der Waals surface area contributed by atoms with Gasteiger partial charge in [0, 0.05) is 12.1 Å². The van der Waals surface area contributed by atoms with Crippen LogP contribution in [0.3, 0.4) is 0 Å². The first-order valence-corrected chi connectivity index (χ1v) is 8.40. The molecule has 0 aromatic heterocycles. The van der Waals surface area contributed by atoms with E-state index in [2.05, 4.69) is 0 Å². The summed E-state index contributed by atoms with van der Waals surface area (Å²) in [6.07, 6.45) is -0.276. The first-order valence-electron chi connectivity index (χ1n) is 8.40. The highest BCUT2D eigenvalue weighted by atomic mass is 19.1. The van der Waals surface area contributed by atoms with Crippen LogP contribution < -0.4 is 4.74 Å². The molecule has 1 aliphatic heterocycles. The zero-order valence-electron chi connectivity index (χ0n) is 14.5. The van der Waals surface area contributed by atoms with E-state index in [1.807, 2.05) is 38.1 Å². The van der Waals surface area contributed by atoms with E-state index in [1.165, 1.54) is 6.07 Å². The van der Waals surface area contributed by atoms with Gasteiger partial charge in [0.15, 0.2) is 11.6 Å². The Morgan fingerprint density at radius 1 is 1.28 bits per heavy atom. The van der Waals surface area contributed by atoms with Crippen molar-refractivity contribution in [3.05, 3.63) is 65.0 Å². The Labute approximate surface area is 147 Å². The van der Waals surface area contributed by atoms with Crippen LogP contribution in [0.15, 0.2) is 42.5 Å². The first kappa shape index (κ1) is 17.4. The van der Waals surface area contributed by atoms with Crippen LogP contribution in [0.1, 0.15) is 21.5 Å². The summed E-state index contributed by atoms with van der Waals surface area (Å²) in [4.78, 5) is 14.5. The summed E-state index contributed by atoms with van der Waals surface area (Å²) in [6.45, 7) is 5.43. The van der Waals surface area contributed by atoms with E-state index < -0.39 is 5.82 Å². The quantitative estimate of drug-likeness (QED) is 0.854. The van der Waals surface area contributed by atoms with E-state index in [1.54, 1.807) is 17.0 Å². The van der Waals surface area contributed by atoms with Crippen molar-refractivity contribution in [1.29, 1.82) is 0 Å². The van der Waals surface area contributed by atoms with Crippen LogP contribution in [0.4, 0.5) is 4.39 Å². The van der Waals surface area contributed by atoms with Gasteiger partial charge in [0.1, 0.15) is 12.7 Å². The van der Waals surface area contributed by atoms with E-state index in [0.717, 1.165) is 11.1 Å². The van der Waals surface area contributed by atoms with Crippen LogP contribution in [0, 0.1) is 19.7 Å². The molecule has 0 spiro atoms. The monoisotopic (exact) mass is 343 g/mol. The SMILES string of the molecule is Cc1ccc(F)c(OCC2CN(C(=O)c3ccccc3C)CCO2)c1. The molecule has 3 rings (SSSR count). The zero-order valence-corrected chi connectivity index (χ0v) is 14.5. The summed E-state index contributed by atoms with van der Waals surface area (Å²) in [5.41, 5.74) is 2.58. The number of morpholine rings is 1. The predicted octanol–water partition coefficient (Wildman–Crippen LogP) is 3.36. The van der Waals surface area contributed by atoms with Crippen LogP contribution in [-0.4, -0.2) is 43.2 Å². The molecule has 1 atom stereocenters. The zero-order chi connectivity index (χ0) is 17.8. The smallest absolute Gasteiger partial charge is 0.254 e. The average molecular weight is 343 g/mol. The Kier molecular flexibility index (Phi) is 5.34. The maximum absolute atomic E-state index is 13.8. The van der Waals surface area contributed by atoms with Crippen molar-refractivity contribution in [3.63, 3.8) is 0 Å². The number of hydrogen-bond acceptors (Lipinski definition) is 3. The van der Waals surface area contributed by atoms with Gasteiger partial charge in [-0.25, -0.2) is 4.39 Å². The molecule has 1 saturated heterocycles. The van der Waals surface area contributed by atoms with Gasteiger partial charge in [-0.3, -0.25) is 4.79 Å². The minimum Gasteiger partial charge on any atom is -0.488 e. The number of hydrogen-bond donors (Lipinski definition) is 0. The van der Waals surface area contributed by atoms with Gasteiger partial charge < -0.3 is 14.4 Å². The second-order valence-electron chi connectivity index (χ2n) is 6.30. The Morgan fingerprint density at radius 2 is 2.08 bits per heavy atom. The van der Waals surface area contributed by atoms with Crippen molar-refractivity contribution in [3.8, 4) is 5.75 Å². The number of aryl methyl sites for hydroxylation is 2. The van der Waals surface area contributed by atoms with Crippen molar-refractivity contribution >= 4 is 5.91 Å². The minimum atomic E-state index is -0.394. The molecule has 4 nitrogen and oxygen atoms in total. The summed E-state index contributed by atoms with van der Waals surface area (Å²) >= 11 is 0. The van der Waals surface area contributed by atoms with E-state index in [-0.39, 0.29) is 24.4 Å². The second-order valence-corrected chi connectivity index (χ2v) is 6.30. The standard InChI is InChI=1S/C20H22FNO3/c1-14-7-8-18(21)19(11-14)25-13-16-12-22(9-10-24-16)20(23)17-6-4-3-5-15(17)2/h3-8,11,16H,9-10,12-13H2,1-2H3. The minimum absolute atomic E-state index is 0.00636. The van der Waals surface area contributed by atoms with Crippen molar-refractivity contribution in [1.82, 2.24) is 4.90 Å². The molecule has 0 bridgehead atoms. The molecular formula is C20H22FNO3. The lowest BCUT2D eigenvalue weighted by Crippen LogP contribution is -2.47. The summed E-state index contributed by atoms with van der Waals surface area (Å²) < 4.78 is 25.0. The summed E-state index contributed by atoms with van der Waals surface area (Å²) in [5.74, 6) is -0.187. The molecule has 25 heavy (non-hydrogen) atoms. The molecule has 0 radical (unpaired) electrons. The van der Waals surface area contributed by atoms with Crippen molar-refractivity contribution < 1.29 is 18.7 Å². The van der Waals surface area contributed by atoms with E-state index in [4.69, 9.17) is 9.47 Å². The summed E-state index contributed by atoms with van der Waals surface area (Å²) in [5, 5.41) is 0. The molecule has 1 amide bonds. The maximum Gasteiger partial charge on any atom is 0.254 e. The first-order chi connectivity index (χ1) is 12.0. The molecule has 0 N–H and O–H groups in total. The molecule has 132 valence electrons. The maximum atomic E-state index is 13.8. The number of rotatable bonds is 4. The van der Waals surface area contributed by atoms with Gasteiger partial charge in [-0.15, -0.1) is 0 Å². The third-order valence-corrected chi connectivity index (χ3v) is 4.31. The molecule has 2 aromatic carbocycles. The normalized spacial score (nSPS) is 17.4. The van der Waals surface area contributed by atoms with Crippen molar-refractivity contribution in [2.75, 3.05) is 26.3 Å². The van der Waals surface area contributed by atoms with Crippen LogP contribution in [0.2, 0.25) is 0 Å². The van der Waals surface area contributed by atoms with E-state index in [0.29, 0.717) is 25.3 Å². The molecule has 1 heterocycles. The number of benzene rings is 2. The van der Waals surface area contributed by atoms with Gasteiger partial charge in [-0.05, 0) is 43.2 Å². The van der Waals surface area contributed by atoms with Gasteiger partial charge in [-0.2, -0.15) is 0 Å². The number of carbonyl (C=O) groups is 1. The second kappa shape index (κ2) is 7.66. The Balaban J connectivity index is 1.62. The number of amides is 1. The highest BCUT2D eigenvalue weighted by molar-refractivity contribution is 5.95. The molecular weight excluding hydrogens is 321 g/mol. The molecule has 1 fully saturated rings. The topological polar surface area (TPSA) is 38.8 Å². The van der Waals surface area contributed by atoms with Gasteiger partial charge in [0.25, 0.3) is 5.91 Å². The fourth-order valence-electron chi connectivity index (χ4n) is 2.89. The van der Waals surface area contributed by atoms with Crippen LogP contribution in [0.25, 0.3) is 0 Å². The third kappa shape index (κ3) is 4.17. The number of ether oxygens (including phenoxy) is 2. The Morgan fingerprint density at radius 3 is 2.88 bits per heavy atom. The summed E-state index contributed by atoms with van der Waals surface area (Å²) in [7, 11) is 0. The predicted molar refractivity (Wildman–Crippen MR) is 93.5 cm³/mol. The lowest BCUT2D eigenvalue weighted by Gasteiger charge is -2.33. The highest BCUT2D eigenvalue weighted by Gasteiger charge is 2.26. The fourth-order valence-corrected chi connectivity index (χ4v) is 2.89. The number of carbonyl (C=O) groups excluding carboxylic acids is 1. The van der Waals surface area contributed by atoms with Gasteiger partial charge in [-0.1, -0.05) is 24.3 Å². The van der Waals surface area contributed by atoms with Crippen molar-refractivity contribution in [2.45, 2.75) is 20.0 Å². The molecule has 0 saturated carbocycles. The van der Waals surface area contributed by atoms with Gasteiger partial charge in [0.05, 0.1) is 13.2 Å². The lowest BCUT2D eigenvalue weighted by molar-refractivity contribution is -0.0406.